The van der Waals surface area contributed by atoms with Crippen LogP contribution in [0.5, 0.6) is 5.75 Å². The van der Waals surface area contributed by atoms with Gasteiger partial charge in [0.25, 0.3) is 0 Å². The van der Waals surface area contributed by atoms with Gasteiger partial charge in [0.2, 0.25) is 5.91 Å². The van der Waals surface area contributed by atoms with Crippen LogP contribution in [0.25, 0.3) is 0 Å². The van der Waals surface area contributed by atoms with Gasteiger partial charge in [0, 0.05) is 11.7 Å². The summed E-state index contributed by atoms with van der Waals surface area (Å²) in [5.74, 6) is 0.287. The lowest BCUT2D eigenvalue weighted by Crippen LogP contribution is -2.12. The lowest BCUT2D eigenvalue weighted by molar-refractivity contribution is 0.100. The highest BCUT2D eigenvalue weighted by Crippen LogP contribution is 2.25. The number of benzene rings is 2. The quantitative estimate of drug-likeness (QED) is 0.886. The SMILES string of the molecule is COc1ccc(C(C)Nc2ccc(C(N)=O)c(Cl)c2)cc1. The third-order valence-corrected chi connectivity index (χ3v) is 3.55. The number of amides is 1. The molecular weight excluding hydrogens is 288 g/mol. The summed E-state index contributed by atoms with van der Waals surface area (Å²) < 4.78 is 5.14. The van der Waals surface area contributed by atoms with Crippen LogP contribution >= 0.6 is 11.6 Å². The first-order valence-corrected chi connectivity index (χ1v) is 6.89. The van der Waals surface area contributed by atoms with Crippen LogP contribution in [0.15, 0.2) is 42.5 Å². The van der Waals surface area contributed by atoms with Crippen LogP contribution in [0.2, 0.25) is 5.02 Å². The van der Waals surface area contributed by atoms with Crippen molar-refractivity contribution in [3.63, 3.8) is 0 Å². The summed E-state index contributed by atoms with van der Waals surface area (Å²) in [5, 5.41) is 3.67. The zero-order valence-electron chi connectivity index (χ0n) is 11.9. The number of carbonyl (C=O) groups excluding carboxylic acids is 1. The predicted octanol–water partition coefficient (Wildman–Crippen LogP) is 3.62. The maximum absolute atomic E-state index is 11.1. The summed E-state index contributed by atoms with van der Waals surface area (Å²) in [6, 6.07) is 13.0. The highest BCUT2D eigenvalue weighted by atomic mass is 35.5. The first-order valence-electron chi connectivity index (χ1n) is 6.51. The molecule has 0 aromatic heterocycles. The van der Waals surface area contributed by atoms with Gasteiger partial charge in [-0.2, -0.15) is 0 Å². The smallest absolute Gasteiger partial charge is 0.250 e. The van der Waals surface area contributed by atoms with Gasteiger partial charge >= 0.3 is 0 Å². The second kappa shape index (κ2) is 6.50. The molecule has 0 heterocycles. The Labute approximate surface area is 128 Å². The van der Waals surface area contributed by atoms with Gasteiger partial charge in [-0.3, -0.25) is 4.79 Å². The van der Waals surface area contributed by atoms with Crippen molar-refractivity contribution in [1.29, 1.82) is 0 Å². The molecule has 2 rings (SSSR count). The molecule has 0 saturated heterocycles. The highest BCUT2D eigenvalue weighted by molar-refractivity contribution is 6.34. The number of primary amides is 1. The summed E-state index contributed by atoms with van der Waals surface area (Å²) in [5.41, 5.74) is 7.49. The minimum atomic E-state index is -0.533. The Morgan fingerprint density at radius 2 is 1.90 bits per heavy atom. The van der Waals surface area contributed by atoms with Gasteiger partial charge in [-0.25, -0.2) is 0 Å². The standard InChI is InChI=1S/C16H17ClN2O2/c1-10(11-3-6-13(21-2)7-4-11)19-12-5-8-14(16(18)20)15(17)9-12/h3-10,19H,1-2H3,(H2,18,20). The number of halogens is 1. The van der Waals surface area contributed by atoms with Crippen LogP contribution in [-0.4, -0.2) is 13.0 Å². The van der Waals surface area contributed by atoms with Crippen molar-refractivity contribution < 1.29 is 9.53 Å². The van der Waals surface area contributed by atoms with Crippen molar-refractivity contribution in [3.8, 4) is 5.75 Å². The minimum Gasteiger partial charge on any atom is -0.497 e. The Bertz CT molecular complexity index is 641. The molecule has 4 nitrogen and oxygen atoms in total. The number of anilines is 1. The molecule has 0 radical (unpaired) electrons. The normalized spacial score (nSPS) is 11.8. The van der Waals surface area contributed by atoms with Crippen molar-refractivity contribution in [2.24, 2.45) is 5.73 Å². The van der Waals surface area contributed by atoms with E-state index in [0.717, 1.165) is 17.0 Å². The molecule has 1 amide bonds. The van der Waals surface area contributed by atoms with E-state index in [9.17, 15) is 4.79 Å². The number of nitrogens with two attached hydrogens (primary N) is 1. The van der Waals surface area contributed by atoms with E-state index in [2.05, 4.69) is 5.32 Å². The predicted molar refractivity (Wildman–Crippen MR) is 85.0 cm³/mol. The maximum Gasteiger partial charge on any atom is 0.250 e. The van der Waals surface area contributed by atoms with E-state index in [0.29, 0.717) is 10.6 Å². The van der Waals surface area contributed by atoms with Crippen LogP contribution in [0.1, 0.15) is 28.9 Å². The second-order valence-electron chi connectivity index (χ2n) is 4.70. The average molecular weight is 305 g/mol. The summed E-state index contributed by atoms with van der Waals surface area (Å²) in [6.07, 6.45) is 0. The first kappa shape index (κ1) is 15.2. The summed E-state index contributed by atoms with van der Waals surface area (Å²) in [4.78, 5) is 11.1. The fraction of sp³-hybridized carbons (Fsp3) is 0.188. The van der Waals surface area contributed by atoms with Crippen LogP contribution in [0.3, 0.4) is 0 Å². The largest absolute Gasteiger partial charge is 0.497 e. The number of nitrogens with one attached hydrogen (secondary N) is 1. The molecule has 0 spiro atoms. The van der Waals surface area contributed by atoms with Crippen molar-refractivity contribution in [2.45, 2.75) is 13.0 Å². The van der Waals surface area contributed by atoms with E-state index in [1.54, 1.807) is 25.3 Å². The number of carbonyl (C=O) groups is 1. The molecule has 2 aromatic carbocycles. The zero-order chi connectivity index (χ0) is 15.4. The number of hydrogen-bond donors (Lipinski definition) is 2. The Morgan fingerprint density at radius 1 is 1.24 bits per heavy atom. The molecule has 2 aromatic rings. The van der Waals surface area contributed by atoms with E-state index < -0.39 is 5.91 Å². The molecule has 0 aliphatic rings. The van der Waals surface area contributed by atoms with Crippen molar-refractivity contribution in [2.75, 3.05) is 12.4 Å². The first-order chi connectivity index (χ1) is 10.0. The summed E-state index contributed by atoms with van der Waals surface area (Å²) in [6.45, 7) is 2.04. The molecule has 0 aliphatic heterocycles. The summed E-state index contributed by atoms with van der Waals surface area (Å²) >= 11 is 6.04. The van der Waals surface area contributed by atoms with Crippen LogP contribution in [-0.2, 0) is 0 Å². The molecule has 0 fully saturated rings. The molecule has 1 atom stereocenters. The van der Waals surface area contributed by atoms with Crippen LogP contribution in [0.4, 0.5) is 5.69 Å². The van der Waals surface area contributed by atoms with Crippen molar-refractivity contribution in [1.82, 2.24) is 0 Å². The number of ether oxygens (including phenoxy) is 1. The summed E-state index contributed by atoms with van der Waals surface area (Å²) in [7, 11) is 1.64. The molecule has 21 heavy (non-hydrogen) atoms. The second-order valence-corrected chi connectivity index (χ2v) is 5.11. The number of hydrogen-bond acceptors (Lipinski definition) is 3. The monoisotopic (exact) mass is 304 g/mol. The Balaban J connectivity index is 2.13. The lowest BCUT2D eigenvalue weighted by atomic mass is 10.1. The van der Waals surface area contributed by atoms with Gasteiger partial charge in [-0.05, 0) is 42.8 Å². The third kappa shape index (κ3) is 3.67. The van der Waals surface area contributed by atoms with E-state index in [4.69, 9.17) is 22.1 Å². The van der Waals surface area contributed by atoms with Crippen LogP contribution in [0, 0.1) is 0 Å². The molecular formula is C16H17ClN2O2. The molecule has 3 N–H and O–H groups in total. The van der Waals surface area contributed by atoms with Crippen LogP contribution < -0.4 is 15.8 Å². The fourth-order valence-corrected chi connectivity index (χ4v) is 2.30. The molecule has 0 saturated carbocycles. The van der Waals surface area contributed by atoms with E-state index >= 15 is 0 Å². The Hall–Kier alpha value is -2.20. The molecule has 0 bridgehead atoms. The van der Waals surface area contributed by atoms with E-state index in [1.807, 2.05) is 31.2 Å². The highest BCUT2D eigenvalue weighted by Gasteiger charge is 2.09. The topological polar surface area (TPSA) is 64.3 Å². The Morgan fingerprint density at radius 3 is 2.43 bits per heavy atom. The molecule has 5 heteroatoms. The average Bonchev–Trinajstić information content (AvgIpc) is 2.47. The zero-order valence-corrected chi connectivity index (χ0v) is 12.6. The van der Waals surface area contributed by atoms with Gasteiger partial charge in [-0.15, -0.1) is 0 Å². The molecule has 0 aliphatic carbocycles. The fourth-order valence-electron chi connectivity index (χ4n) is 2.03. The van der Waals surface area contributed by atoms with Gasteiger partial charge in [0.05, 0.1) is 17.7 Å². The van der Waals surface area contributed by atoms with Crippen molar-refractivity contribution >= 4 is 23.2 Å². The van der Waals surface area contributed by atoms with E-state index in [-0.39, 0.29) is 6.04 Å². The lowest BCUT2D eigenvalue weighted by Gasteiger charge is -2.16. The van der Waals surface area contributed by atoms with Gasteiger partial charge in [-0.1, -0.05) is 23.7 Å². The number of rotatable bonds is 5. The Kier molecular flexibility index (Phi) is 4.70. The molecule has 1 unspecified atom stereocenters. The van der Waals surface area contributed by atoms with E-state index in [1.165, 1.54) is 0 Å². The maximum atomic E-state index is 11.1. The van der Waals surface area contributed by atoms with Gasteiger partial charge in [0.1, 0.15) is 5.75 Å². The van der Waals surface area contributed by atoms with Gasteiger partial charge in [0.15, 0.2) is 0 Å². The minimum absolute atomic E-state index is 0.0893. The third-order valence-electron chi connectivity index (χ3n) is 3.23. The number of methoxy groups -OCH3 is 1. The van der Waals surface area contributed by atoms with Crippen molar-refractivity contribution in [3.05, 3.63) is 58.6 Å². The van der Waals surface area contributed by atoms with Gasteiger partial charge < -0.3 is 15.8 Å². The molecule has 110 valence electrons.